The Balaban J connectivity index is 1.96. The van der Waals surface area contributed by atoms with E-state index in [2.05, 4.69) is 65.0 Å². The normalized spacial score (nSPS) is 21.9. The van der Waals surface area contributed by atoms with E-state index in [4.69, 9.17) is 9.31 Å². The van der Waals surface area contributed by atoms with Crippen LogP contribution >= 0.6 is 0 Å². The summed E-state index contributed by atoms with van der Waals surface area (Å²) in [6.45, 7) is 10.7. The van der Waals surface area contributed by atoms with Crippen molar-refractivity contribution in [1.29, 1.82) is 0 Å². The molecule has 0 amide bonds. The number of aryl methyl sites for hydroxylation is 1. The van der Waals surface area contributed by atoms with Gasteiger partial charge in [0.05, 0.1) is 11.2 Å². The molecule has 2 rings (SSSR count). The summed E-state index contributed by atoms with van der Waals surface area (Å²) in [5.74, 6) is 0.455. The van der Waals surface area contributed by atoms with Crippen LogP contribution in [0.1, 0.15) is 53.0 Å². The Morgan fingerprint density at radius 1 is 1.00 bits per heavy atom. The molecule has 110 valence electrons. The monoisotopic (exact) mass is 274 g/mol. The molecule has 1 saturated heterocycles. The Labute approximate surface area is 124 Å². The van der Waals surface area contributed by atoms with Crippen LogP contribution in [0.2, 0.25) is 5.82 Å². The van der Waals surface area contributed by atoms with Crippen molar-refractivity contribution in [3.8, 4) is 0 Å². The van der Waals surface area contributed by atoms with Gasteiger partial charge in [-0.1, -0.05) is 43.7 Å². The van der Waals surface area contributed by atoms with Crippen LogP contribution in [0.25, 0.3) is 0 Å². The van der Waals surface area contributed by atoms with Crippen LogP contribution in [-0.2, 0) is 15.7 Å². The first kappa shape index (κ1) is 15.6. The fraction of sp³-hybridized carbons (Fsp3) is 0.647. The van der Waals surface area contributed by atoms with E-state index in [9.17, 15) is 0 Å². The molecule has 20 heavy (non-hydrogen) atoms. The molecular weight excluding hydrogens is 247 g/mol. The van der Waals surface area contributed by atoms with E-state index in [0.29, 0.717) is 5.82 Å². The molecule has 1 aliphatic heterocycles. The quantitative estimate of drug-likeness (QED) is 0.736. The summed E-state index contributed by atoms with van der Waals surface area (Å²) in [6.07, 6.45) is 3.28. The molecule has 3 heteroatoms. The zero-order chi connectivity index (χ0) is 14.8. The van der Waals surface area contributed by atoms with E-state index >= 15 is 0 Å². The highest BCUT2D eigenvalue weighted by Gasteiger charge is 2.53. The van der Waals surface area contributed by atoms with Crippen molar-refractivity contribution in [2.75, 3.05) is 0 Å². The van der Waals surface area contributed by atoms with Crippen LogP contribution in [0.4, 0.5) is 0 Å². The van der Waals surface area contributed by atoms with Gasteiger partial charge in [-0.15, -0.1) is 0 Å². The fourth-order valence-corrected chi connectivity index (χ4v) is 2.61. The fourth-order valence-electron chi connectivity index (χ4n) is 2.61. The Bertz CT molecular complexity index is 412. The van der Waals surface area contributed by atoms with Crippen molar-refractivity contribution in [3.05, 3.63) is 35.9 Å². The maximum Gasteiger partial charge on any atom is 0.461 e. The second kappa shape index (κ2) is 5.91. The lowest BCUT2D eigenvalue weighted by molar-refractivity contribution is 0.00578. The summed E-state index contributed by atoms with van der Waals surface area (Å²) in [5.41, 5.74) is 0.942. The minimum Gasteiger partial charge on any atom is -0.403 e. The molecule has 1 aliphatic rings. The van der Waals surface area contributed by atoms with E-state index in [0.717, 1.165) is 19.3 Å². The summed E-state index contributed by atoms with van der Waals surface area (Å²) in [7, 11) is -0.0753. The topological polar surface area (TPSA) is 18.5 Å². The van der Waals surface area contributed by atoms with E-state index in [1.54, 1.807) is 0 Å². The second-order valence-corrected chi connectivity index (χ2v) is 6.82. The zero-order valence-corrected chi connectivity index (χ0v) is 13.5. The van der Waals surface area contributed by atoms with Crippen molar-refractivity contribution in [1.82, 2.24) is 0 Å². The first-order valence-corrected chi connectivity index (χ1v) is 7.75. The molecule has 1 heterocycles. The smallest absolute Gasteiger partial charge is 0.403 e. The minimum absolute atomic E-state index is 0.0753. The van der Waals surface area contributed by atoms with E-state index < -0.39 is 0 Å². The van der Waals surface area contributed by atoms with E-state index in [-0.39, 0.29) is 18.3 Å². The summed E-state index contributed by atoms with van der Waals surface area (Å²) in [4.78, 5) is 0. The second-order valence-electron chi connectivity index (χ2n) is 6.82. The van der Waals surface area contributed by atoms with Gasteiger partial charge in [0.15, 0.2) is 0 Å². The van der Waals surface area contributed by atoms with Gasteiger partial charge in [-0.3, -0.25) is 0 Å². The molecule has 0 spiro atoms. The lowest BCUT2D eigenvalue weighted by Crippen LogP contribution is -2.41. The SMILES string of the molecule is CC[C@H](CCc1ccccc1)B1OC(C)(C)C(C)(C)O1. The molecule has 2 nitrogen and oxygen atoms in total. The third-order valence-corrected chi connectivity index (χ3v) is 4.83. The van der Waals surface area contributed by atoms with Gasteiger partial charge in [-0.2, -0.15) is 0 Å². The lowest BCUT2D eigenvalue weighted by atomic mass is 9.67. The molecule has 1 fully saturated rings. The summed E-state index contributed by atoms with van der Waals surface area (Å²) < 4.78 is 12.4. The third-order valence-electron chi connectivity index (χ3n) is 4.83. The van der Waals surface area contributed by atoms with Gasteiger partial charge in [-0.25, -0.2) is 0 Å². The average Bonchev–Trinajstić information content (AvgIpc) is 2.60. The molecule has 0 bridgehead atoms. The van der Waals surface area contributed by atoms with Crippen molar-refractivity contribution in [3.63, 3.8) is 0 Å². The van der Waals surface area contributed by atoms with Gasteiger partial charge in [0.1, 0.15) is 0 Å². The zero-order valence-electron chi connectivity index (χ0n) is 13.5. The van der Waals surface area contributed by atoms with Crippen LogP contribution in [0.3, 0.4) is 0 Å². The van der Waals surface area contributed by atoms with E-state index in [1.807, 2.05) is 0 Å². The summed E-state index contributed by atoms with van der Waals surface area (Å²) >= 11 is 0. The highest BCUT2D eigenvalue weighted by molar-refractivity contribution is 6.47. The van der Waals surface area contributed by atoms with Gasteiger partial charge in [-0.05, 0) is 51.9 Å². The molecule has 1 atom stereocenters. The van der Waals surface area contributed by atoms with Crippen molar-refractivity contribution >= 4 is 7.12 Å². The number of hydrogen-bond donors (Lipinski definition) is 0. The molecule has 1 aromatic rings. The van der Waals surface area contributed by atoms with Crippen molar-refractivity contribution in [2.24, 2.45) is 0 Å². The van der Waals surface area contributed by atoms with Gasteiger partial charge < -0.3 is 9.31 Å². The summed E-state index contributed by atoms with van der Waals surface area (Å²) in [6, 6.07) is 10.7. The number of rotatable bonds is 5. The molecule has 1 aromatic carbocycles. The molecule has 0 aliphatic carbocycles. The Morgan fingerprint density at radius 2 is 1.55 bits per heavy atom. The van der Waals surface area contributed by atoms with Crippen LogP contribution in [0.5, 0.6) is 0 Å². The predicted octanol–water partition coefficient (Wildman–Crippen LogP) is 4.49. The minimum atomic E-state index is -0.224. The van der Waals surface area contributed by atoms with Crippen LogP contribution in [0, 0.1) is 0 Å². The molecule has 0 saturated carbocycles. The Hall–Kier alpha value is -0.795. The molecule has 0 aromatic heterocycles. The average molecular weight is 274 g/mol. The van der Waals surface area contributed by atoms with Crippen molar-refractivity contribution < 1.29 is 9.31 Å². The lowest BCUT2D eigenvalue weighted by Gasteiger charge is -2.32. The van der Waals surface area contributed by atoms with Crippen molar-refractivity contribution in [2.45, 2.75) is 70.9 Å². The molecule has 0 unspecified atom stereocenters. The largest absolute Gasteiger partial charge is 0.461 e. The standard InChI is InChI=1S/C17H27BO2/c1-6-15(13-12-14-10-8-7-9-11-14)18-19-16(2,3)17(4,5)20-18/h7-11,15H,6,12-13H2,1-5H3/t15-/m1/s1. The summed E-state index contributed by atoms with van der Waals surface area (Å²) in [5, 5.41) is 0. The van der Waals surface area contributed by atoms with Crippen LogP contribution in [-0.4, -0.2) is 18.3 Å². The molecule has 0 N–H and O–H groups in total. The van der Waals surface area contributed by atoms with E-state index in [1.165, 1.54) is 5.56 Å². The Kier molecular flexibility index (Phi) is 4.60. The van der Waals surface area contributed by atoms with Gasteiger partial charge in [0.2, 0.25) is 0 Å². The van der Waals surface area contributed by atoms with Crippen LogP contribution in [0.15, 0.2) is 30.3 Å². The predicted molar refractivity (Wildman–Crippen MR) is 84.9 cm³/mol. The number of benzene rings is 1. The van der Waals surface area contributed by atoms with Crippen LogP contribution < -0.4 is 0 Å². The molecular formula is C17H27BO2. The highest BCUT2D eigenvalue weighted by atomic mass is 16.7. The van der Waals surface area contributed by atoms with Gasteiger partial charge >= 0.3 is 7.12 Å². The number of hydrogen-bond acceptors (Lipinski definition) is 2. The third kappa shape index (κ3) is 3.26. The van der Waals surface area contributed by atoms with Gasteiger partial charge in [0.25, 0.3) is 0 Å². The maximum absolute atomic E-state index is 6.18. The highest BCUT2D eigenvalue weighted by Crippen LogP contribution is 2.41. The maximum atomic E-state index is 6.18. The first-order chi connectivity index (χ1) is 9.36. The van der Waals surface area contributed by atoms with Gasteiger partial charge in [0, 0.05) is 0 Å². The molecule has 0 radical (unpaired) electrons. The first-order valence-electron chi connectivity index (χ1n) is 7.75. The Morgan fingerprint density at radius 3 is 2.05 bits per heavy atom.